The number of rotatable bonds is 5. The standard InChI is InChI=1S/C20H15ClN4O2S3/c1-11-3-2-4-13(9-11)22-15(26)10-29-19-23-17-16(18(27)24-19)30-20(28)25(17)14-7-5-12(21)6-8-14/h2-9H,10H2,1H3,(H,22,26)(H,23,24,27). The molecule has 0 atom stereocenters. The average molecular weight is 475 g/mol. The fraction of sp³-hybridized carbons (Fsp3) is 0.100. The Bertz CT molecular complexity index is 1360. The van der Waals surface area contributed by atoms with Crippen LogP contribution in [0, 0.1) is 10.9 Å². The molecule has 2 N–H and O–H groups in total. The molecular weight excluding hydrogens is 460 g/mol. The molecule has 10 heteroatoms. The van der Waals surface area contributed by atoms with E-state index >= 15 is 0 Å². The molecule has 152 valence electrons. The number of hydrogen-bond donors (Lipinski definition) is 2. The van der Waals surface area contributed by atoms with E-state index in [4.69, 9.17) is 23.8 Å². The van der Waals surface area contributed by atoms with Gasteiger partial charge in [0.05, 0.1) is 5.75 Å². The Labute approximate surface area is 189 Å². The molecule has 0 aliphatic carbocycles. The zero-order chi connectivity index (χ0) is 21.3. The predicted molar refractivity (Wildman–Crippen MR) is 126 cm³/mol. The van der Waals surface area contributed by atoms with Gasteiger partial charge in [0.25, 0.3) is 5.56 Å². The first-order valence-electron chi connectivity index (χ1n) is 8.82. The third kappa shape index (κ3) is 4.49. The first-order valence-corrected chi connectivity index (χ1v) is 11.4. The van der Waals surface area contributed by atoms with E-state index in [1.807, 2.05) is 43.3 Å². The smallest absolute Gasteiger partial charge is 0.271 e. The molecule has 30 heavy (non-hydrogen) atoms. The Morgan fingerprint density at radius 2 is 2.07 bits per heavy atom. The summed E-state index contributed by atoms with van der Waals surface area (Å²) in [7, 11) is 0. The number of H-pyrrole nitrogens is 1. The van der Waals surface area contributed by atoms with Gasteiger partial charge in [0.1, 0.15) is 4.70 Å². The fourth-order valence-corrected chi connectivity index (χ4v) is 4.89. The van der Waals surface area contributed by atoms with E-state index in [1.54, 1.807) is 16.7 Å². The number of thioether (sulfide) groups is 1. The molecule has 2 aromatic heterocycles. The molecular formula is C20H15ClN4O2S3. The summed E-state index contributed by atoms with van der Waals surface area (Å²) < 4.78 is 2.67. The van der Waals surface area contributed by atoms with Crippen molar-refractivity contribution in [2.75, 3.05) is 11.1 Å². The first-order chi connectivity index (χ1) is 14.4. The second-order valence-corrected chi connectivity index (χ2v) is 9.45. The van der Waals surface area contributed by atoms with Crippen LogP contribution in [0.1, 0.15) is 5.56 Å². The molecule has 0 saturated heterocycles. The highest BCUT2D eigenvalue weighted by Gasteiger charge is 2.15. The minimum absolute atomic E-state index is 0.105. The number of amides is 1. The minimum Gasteiger partial charge on any atom is -0.325 e. The summed E-state index contributed by atoms with van der Waals surface area (Å²) in [5.74, 6) is -0.0815. The lowest BCUT2D eigenvalue weighted by Gasteiger charge is -2.07. The maximum atomic E-state index is 12.5. The number of hydrogen-bond acceptors (Lipinski definition) is 6. The number of nitrogens with one attached hydrogen (secondary N) is 2. The van der Waals surface area contributed by atoms with Gasteiger partial charge in [-0.1, -0.05) is 46.8 Å². The third-order valence-electron chi connectivity index (χ3n) is 4.15. The second-order valence-electron chi connectivity index (χ2n) is 6.41. The van der Waals surface area contributed by atoms with Gasteiger partial charge in [-0.3, -0.25) is 14.2 Å². The highest BCUT2D eigenvalue weighted by molar-refractivity contribution is 7.99. The molecule has 6 nitrogen and oxygen atoms in total. The molecule has 0 radical (unpaired) electrons. The number of nitrogens with zero attached hydrogens (tertiary/aromatic N) is 2. The van der Waals surface area contributed by atoms with Crippen molar-refractivity contribution in [2.24, 2.45) is 0 Å². The van der Waals surface area contributed by atoms with Gasteiger partial charge in [-0.2, -0.15) is 0 Å². The SMILES string of the molecule is Cc1cccc(NC(=O)CSc2nc3c(sc(=S)n3-c3ccc(Cl)cc3)c(=O)[nH]2)c1. The largest absolute Gasteiger partial charge is 0.325 e. The van der Waals surface area contributed by atoms with Crippen LogP contribution >= 0.6 is 46.9 Å². The first kappa shape index (κ1) is 20.8. The average Bonchev–Trinajstić information content (AvgIpc) is 3.04. The molecule has 0 aliphatic rings. The van der Waals surface area contributed by atoms with Crippen LogP contribution in [0.15, 0.2) is 58.5 Å². The molecule has 0 aliphatic heterocycles. The summed E-state index contributed by atoms with van der Waals surface area (Å²) >= 11 is 13.8. The molecule has 0 unspecified atom stereocenters. The number of halogens is 1. The number of thiazole rings is 1. The van der Waals surface area contributed by atoms with E-state index in [0.29, 0.717) is 24.5 Å². The Morgan fingerprint density at radius 3 is 2.80 bits per heavy atom. The molecule has 2 aromatic carbocycles. The topological polar surface area (TPSA) is 79.8 Å². The normalized spacial score (nSPS) is 11.0. The number of anilines is 1. The van der Waals surface area contributed by atoms with E-state index in [-0.39, 0.29) is 17.2 Å². The van der Waals surface area contributed by atoms with E-state index < -0.39 is 0 Å². The van der Waals surface area contributed by atoms with Gasteiger partial charge in [0.2, 0.25) is 5.91 Å². The van der Waals surface area contributed by atoms with Crippen molar-refractivity contribution in [3.8, 4) is 5.69 Å². The Morgan fingerprint density at radius 1 is 1.30 bits per heavy atom. The van der Waals surface area contributed by atoms with Crippen LogP contribution in [0.4, 0.5) is 5.69 Å². The van der Waals surface area contributed by atoms with Crippen molar-refractivity contribution in [3.63, 3.8) is 0 Å². The highest BCUT2D eigenvalue weighted by atomic mass is 35.5. The summed E-state index contributed by atoms with van der Waals surface area (Å²) in [5, 5.41) is 3.79. The Balaban J connectivity index is 1.60. The third-order valence-corrected chi connectivity index (χ3v) is 6.63. The Kier molecular flexibility index (Phi) is 6.05. The highest BCUT2D eigenvalue weighted by Crippen LogP contribution is 2.25. The molecule has 0 spiro atoms. The lowest BCUT2D eigenvalue weighted by molar-refractivity contribution is -0.113. The van der Waals surface area contributed by atoms with Crippen LogP contribution in [0.25, 0.3) is 16.0 Å². The van der Waals surface area contributed by atoms with Crippen LogP contribution < -0.4 is 10.9 Å². The number of carbonyl (C=O) groups is 1. The van der Waals surface area contributed by atoms with Crippen molar-refractivity contribution in [1.29, 1.82) is 0 Å². The van der Waals surface area contributed by atoms with E-state index in [1.165, 1.54) is 11.3 Å². The van der Waals surface area contributed by atoms with Crippen molar-refractivity contribution in [1.82, 2.24) is 14.5 Å². The van der Waals surface area contributed by atoms with Crippen molar-refractivity contribution in [2.45, 2.75) is 12.1 Å². The van der Waals surface area contributed by atoms with Crippen molar-refractivity contribution < 1.29 is 4.79 Å². The van der Waals surface area contributed by atoms with Gasteiger partial charge in [0, 0.05) is 16.4 Å². The number of carbonyl (C=O) groups excluding carboxylic acids is 1. The minimum atomic E-state index is -0.287. The summed E-state index contributed by atoms with van der Waals surface area (Å²) in [5.41, 5.74) is 2.72. The lowest BCUT2D eigenvalue weighted by atomic mass is 10.2. The summed E-state index contributed by atoms with van der Waals surface area (Å²) in [4.78, 5) is 32.1. The molecule has 0 fully saturated rings. The monoisotopic (exact) mass is 474 g/mol. The van der Waals surface area contributed by atoms with E-state index in [2.05, 4.69) is 15.3 Å². The van der Waals surface area contributed by atoms with Crippen LogP contribution in [0.5, 0.6) is 0 Å². The van der Waals surface area contributed by atoms with Crippen LogP contribution in [0.2, 0.25) is 5.02 Å². The van der Waals surface area contributed by atoms with Crippen molar-refractivity contribution in [3.05, 3.63) is 73.4 Å². The summed E-state index contributed by atoms with van der Waals surface area (Å²) in [6.45, 7) is 1.96. The van der Waals surface area contributed by atoms with Gasteiger partial charge >= 0.3 is 0 Å². The summed E-state index contributed by atoms with van der Waals surface area (Å²) in [6.07, 6.45) is 0. The van der Waals surface area contributed by atoms with Crippen LogP contribution in [-0.2, 0) is 4.79 Å². The van der Waals surface area contributed by atoms with E-state index in [0.717, 1.165) is 28.7 Å². The molecule has 0 saturated carbocycles. The molecule has 4 rings (SSSR count). The zero-order valence-corrected chi connectivity index (χ0v) is 18.8. The number of aryl methyl sites for hydroxylation is 1. The van der Waals surface area contributed by atoms with Crippen molar-refractivity contribution >= 4 is 68.9 Å². The second kappa shape index (κ2) is 8.73. The number of aromatic amines is 1. The lowest BCUT2D eigenvalue weighted by Crippen LogP contribution is -2.15. The van der Waals surface area contributed by atoms with E-state index in [9.17, 15) is 9.59 Å². The van der Waals surface area contributed by atoms with Crippen LogP contribution in [0.3, 0.4) is 0 Å². The maximum absolute atomic E-state index is 12.5. The molecule has 1 amide bonds. The number of fused-ring (bicyclic) bond motifs is 1. The van der Waals surface area contributed by atoms with Crippen LogP contribution in [-0.4, -0.2) is 26.2 Å². The fourth-order valence-electron chi connectivity index (χ4n) is 2.83. The zero-order valence-electron chi connectivity index (χ0n) is 15.6. The quantitative estimate of drug-likeness (QED) is 0.236. The predicted octanol–water partition coefficient (Wildman–Crippen LogP) is 5.20. The van der Waals surface area contributed by atoms with Gasteiger partial charge in [0.15, 0.2) is 14.8 Å². The Hall–Kier alpha value is -2.46. The number of aromatic nitrogens is 3. The maximum Gasteiger partial charge on any atom is 0.271 e. The summed E-state index contributed by atoms with van der Waals surface area (Å²) in [6, 6.07) is 14.7. The van der Waals surface area contributed by atoms with Gasteiger partial charge < -0.3 is 10.3 Å². The number of benzene rings is 2. The molecule has 2 heterocycles. The van der Waals surface area contributed by atoms with Gasteiger partial charge in [-0.15, -0.1) is 0 Å². The van der Waals surface area contributed by atoms with Gasteiger partial charge in [-0.25, -0.2) is 4.98 Å². The molecule has 0 bridgehead atoms. The van der Waals surface area contributed by atoms with Gasteiger partial charge in [-0.05, 0) is 61.1 Å². The molecule has 4 aromatic rings.